The fraction of sp³-hybridized carbons (Fsp3) is 0.650. The minimum atomic E-state index is 0.0298. The highest BCUT2D eigenvalue weighted by Crippen LogP contribution is 2.35. The second-order valence-electron chi connectivity index (χ2n) is 7.17. The lowest BCUT2D eigenvalue weighted by atomic mass is 9.74. The molecular formula is C20H29NO2. The van der Waals surface area contributed by atoms with Crippen LogP contribution in [0.4, 0.5) is 0 Å². The third-order valence-corrected chi connectivity index (χ3v) is 5.63. The summed E-state index contributed by atoms with van der Waals surface area (Å²) in [4.78, 5) is 12.6. The van der Waals surface area contributed by atoms with E-state index in [1.807, 2.05) is 0 Å². The lowest BCUT2D eigenvalue weighted by Gasteiger charge is -2.34. The Hall–Kier alpha value is -1.35. The lowest BCUT2D eigenvalue weighted by Crippen LogP contribution is -2.43. The van der Waals surface area contributed by atoms with Crippen molar-refractivity contribution >= 4 is 5.91 Å². The number of benzene rings is 1. The molecule has 1 aromatic carbocycles. The van der Waals surface area contributed by atoms with Crippen LogP contribution in [0.3, 0.4) is 0 Å². The van der Waals surface area contributed by atoms with Crippen LogP contribution >= 0.6 is 0 Å². The van der Waals surface area contributed by atoms with Crippen LogP contribution in [0.1, 0.15) is 56.9 Å². The number of rotatable bonds is 4. The highest BCUT2D eigenvalue weighted by atomic mass is 16.5. The predicted molar refractivity (Wildman–Crippen MR) is 92.4 cm³/mol. The van der Waals surface area contributed by atoms with Gasteiger partial charge in [0, 0.05) is 31.1 Å². The van der Waals surface area contributed by atoms with Gasteiger partial charge in [-0.2, -0.15) is 0 Å². The van der Waals surface area contributed by atoms with E-state index in [1.54, 1.807) is 0 Å². The molecule has 126 valence electrons. The Morgan fingerprint density at radius 2 is 1.83 bits per heavy atom. The van der Waals surface area contributed by atoms with E-state index in [1.165, 1.54) is 24.8 Å². The van der Waals surface area contributed by atoms with E-state index in [2.05, 4.69) is 35.6 Å². The van der Waals surface area contributed by atoms with E-state index in [4.69, 9.17) is 4.74 Å². The molecule has 3 heteroatoms. The average molecular weight is 315 g/mol. The van der Waals surface area contributed by atoms with Crippen LogP contribution in [0.25, 0.3) is 0 Å². The molecule has 0 bridgehead atoms. The van der Waals surface area contributed by atoms with E-state index >= 15 is 0 Å². The molecule has 1 atom stereocenters. The van der Waals surface area contributed by atoms with Gasteiger partial charge in [-0.05, 0) is 37.7 Å². The summed E-state index contributed by atoms with van der Waals surface area (Å²) in [5, 5.41) is 3.29. The van der Waals surface area contributed by atoms with Crippen LogP contribution in [-0.4, -0.2) is 25.7 Å². The zero-order valence-corrected chi connectivity index (χ0v) is 14.1. The Kier molecular flexibility index (Phi) is 5.71. The van der Waals surface area contributed by atoms with Crippen molar-refractivity contribution in [1.29, 1.82) is 0 Å². The molecule has 1 aliphatic carbocycles. The summed E-state index contributed by atoms with van der Waals surface area (Å²) in [5.41, 5.74) is 1.37. The van der Waals surface area contributed by atoms with Gasteiger partial charge < -0.3 is 10.1 Å². The molecule has 1 saturated carbocycles. The highest BCUT2D eigenvalue weighted by Gasteiger charge is 2.34. The van der Waals surface area contributed by atoms with Crippen molar-refractivity contribution in [2.45, 2.75) is 56.8 Å². The molecule has 2 fully saturated rings. The molecule has 1 aliphatic heterocycles. The molecule has 1 saturated heterocycles. The van der Waals surface area contributed by atoms with Gasteiger partial charge in [0.25, 0.3) is 0 Å². The van der Waals surface area contributed by atoms with E-state index in [0.29, 0.717) is 0 Å². The Labute approximate surface area is 139 Å². The quantitative estimate of drug-likeness (QED) is 0.917. The first kappa shape index (κ1) is 16.5. The van der Waals surface area contributed by atoms with Crippen LogP contribution < -0.4 is 5.32 Å². The molecule has 2 aliphatic rings. The molecule has 3 rings (SSSR count). The Morgan fingerprint density at radius 1 is 1.04 bits per heavy atom. The first-order chi connectivity index (χ1) is 11.3. The normalized spacial score (nSPS) is 26.4. The molecule has 3 nitrogen and oxygen atoms in total. The fourth-order valence-corrected chi connectivity index (χ4v) is 4.13. The SMILES string of the molecule is O=C(NCC1(c2ccccc2)CCCOCC1)C1CCCCC1. The summed E-state index contributed by atoms with van der Waals surface area (Å²) in [7, 11) is 0. The van der Waals surface area contributed by atoms with E-state index < -0.39 is 0 Å². The third kappa shape index (κ3) is 4.14. The summed E-state index contributed by atoms with van der Waals surface area (Å²) in [5.74, 6) is 0.503. The number of nitrogens with one attached hydrogen (secondary N) is 1. The Balaban J connectivity index is 1.69. The monoisotopic (exact) mass is 315 g/mol. The predicted octanol–water partition coefficient (Wildman–Crippen LogP) is 3.82. The zero-order valence-electron chi connectivity index (χ0n) is 14.1. The third-order valence-electron chi connectivity index (χ3n) is 5.63. The number of carbonyl (C=O) groups is 1. The smallest absolute Gasteiger partial charge is 0.223 e. The maximum absolute atomic E-state index is 12.6. The summed E-state index contributed by atoms with van der Waals surface area (Å²) in [6.07, 6.45) is 8.96. The van der Waals surface area contributed by atoms with Gasteiger partial charge in [-0.1, -0.05) is 49.6 Å². The zero-order chi connectivity index (χ0) is 16.0. The van der Waals surface area contributed by atoms with Crippen molar-refractivity contribution in [3.05, 3.63) is 35.9 Å². The first-order valence-electron chi connectivity index (χ1n) is 9.21. The standard InChI is InChI=1S/C20H29NO2/c22-19(17-8-3-1-4-9-17)21-16-20(12-7-14-23-15-13-20)18-10-5-2-6-11-18/h2,5-6,10-11,17H,1,3-4,7-9,12-16H2,(H,21,22). The molecule has 1 heterocycles. The van der Waals surface area contributed by atoms with Gasteiger partial charge in [-0.15, -0.1) is 0 Å². The van der Waals surface area contributed by atoms with Crippen molar-refractivity contribution in [1.82, 2.24) is 5.32 Å². The van der Waals surface area contributed by atoms with Gasteiger partial charge in [0.1, 0.15) is 0 Å². The van der Waals surface area contributed by atoms with Gasteiger partial charge in [-0.3, -0.25) is 4.79 Å². The number of hydrogen-bond donors (Lipinski definition) is 1. The van der Waals surface area contributed by atoms with Crippen molar-refractivity contribution < 1.29 is 9.53 Å². The largest absolute Gasteiger partial charge is 0.381 e. The molecule has 23 heavy (non-hydrogen) atoms. The van der Waals surface area contributed by atoms with Crippen molar-refractivity contribution in [3.63, 3.8) is 0 Å². The van der Waals surface area contributed by atoms with E-state index in [0.717, 1.165) is 51.9 Å². The summed E-state index contributed by atoms with van der Waals surface area (Å²) >= 11 is 0. The number of carbonyl (C=O) groups excluding carboxylic acids is 1. The molecule has 0 aromatic heterocycles. The lowest BCUT2D eigenvalue weighted by molar-refractivity contribution is -0.126. The van der Waals surface area contributed by atoms with Gasteiger partial charge in [0.05, 0.1) is 0 Å². The average Bonchev–Trinajstić information content (AvgIpc) is 2.88. The van der Waals surface area contributed by atoms with Gasteiger partial charge in [0.2, 0.25) is 5.91 Å². The first-order valence-corrected chi connectivity index (χ1v) is 9.21. The summed E-state index contributed by atoms with van der Waals surface area (Å²) in [6.45, 7) is 2.37. The Bertz CT molecular complexity index is 486. The molecule has 0 spiro atoms. The summed E-state index contributed by atoms with van der Waals surface area (Å²) < 4.78 is 5.68. The number of ether oxygens (including phenoxy) is 1. The van der Waals surface area contributed by atoms with Gasteiger partial charge in [-0.25, -0.2) is 0 Å². The number of amides is 1. The highest BCUT2D eigenvalue weighted by molar-refractivity contribution is 5.78. The van der Waals surface area contributed by atoms with Crippen LogP contribution in [0.2, 0.25) is 0 Å². The molecule has 1 unspecified atom stereocenters. The van der Waals surface area contributed by atoms with Gasteiger partial charge >= 0.3 is 0 Å². The maximum atomic E-state index is 12.6. The van der Waals surface area contributed by atoms with Crippen LogP contribution in [0.15, 0.2) is 30.3 Å². The molecule has 0 radical (unpaired) electrons. The minimum Gasteiger partial charge on any atom is -0.381 e. The van der Waals surface area contributed by atoms with Crippen molar-refractivity contribution in [2.75, 3.05) is 19.8 Å². The Morgan fingerprint density at radius 3 is 2.61 bits per heavy atom. The van der Waals surface area contributed by atoms with Crippen molar-refractivity contribution in [2.24, 2.45) is 5.92 Å². The van der Waals surface area contributed by atoms with Crippen LogP contribution in [-0.2, 0) is 14.9 Å². The van der Waals surface area contributed by atoms with Crippen LogP contribution in [0.5, 0.6) is 0 Å². The van der Waals surface area contributed by atoms with Gasteiger partial charge in [0.15, 0.2) is 0 Å². The van der Waals surface area contributed by atoms with Crippen LogP contribution in [0, 0.1) is 5.92 Å². The fourth-order valence-electron chi connectivity index (χ4n) is 4.13. The second-order valence-corrected chi connectivity index (χ2v) is 7.17. The molecule has 1 aromatic rings. The van der Waals surface area contributed by atoms with Crippen molar-refractivity contribution in [3.8, 4) is 0 Å². The van der Waals surface area contributed by atoms with E-state index in [9.17, 15) is 4.79 Å². The topological polar surface area (TPSA) is 38.3 Å². The molecule has 1 amide bonds. The maximum Gasteiger partial charge on any atom is 0.223 e. The minimum absolute atomic E-state index is 0.0298. The summed E-state index contributed by atoms with van der Waals surface area (Å²) in [6, 6.07) is 10.7. The second kappa shape index (κ2) is 7.96. The number of hydrogen-bond acceptors (Lipinski definition) is 2. The molecular weight excluding hydrogens is 286 g/mol. The molecule has 1 N–H and O–H groups in total. The van der Waals surface area contributed by atoms with E-state index in [-0.39, 0.29) is 17.2 Å².